The number of nitrogens with zero attached hydrogens (tertiary/aromatic N) is 1. The number of anilines is 1. The van der Waals surface area contributed by atoms with Crippen molar-refractivity contribution in [3.8, 4) is 5.75 Å². The van der Waals surface area contributed by atoms with Crippen LogP contribution in [0.15, 0.2) is 27.8 Å². The second kappa shape index (κ2) is 7.87. The maximum atomic E-state index is 12.1. The molecule has 0 unspecified atom stereocenters. The molecule has 1 heterocycles. The number of hydrogen-bond donors (Lipinski definition) is 2. The van der Waals surface area contributed by atoms with Crippen LogP contribution in [0, 0.1) is 0 Å². The third kappa shape index (κ3) is 4.12. The van der Waals surface area contributed by atoms with Crippen LogP contribution in [0.5, 0.6) is 5.75 Å². The molecule has 0 aliphatic rings. The Morgan fingerprint density at radius 2 is 2.00 bits per heavy atom. The Balaban J connectivity index is 2.10. The Labute approximate surface area is 152 Å². The van der Waals surface area contributed by atoms with Gasteiger partial charge in [0.2, 0.25) is 5.78 Å². The topological polar surface area (TPSA) is 133 Å². The Bertz CT molecular complexity index is 979. The number of nitrogens with two attached hydrogens (primary N) is 1. The van der Waals surface area contributed by atoms with E-state index in [0.717, 1.165) is 4.57 Å². The van der Waals surface area contributed by atoms with Gasteiger partial charge in [0.1, 0.15) is 17.1 Å². The molecule has 10 heteroatoms. The first kappa shape index (κ1) is 19.3. The highest BCUT2D eigenvalue weighted by atomic mass is 35.5. The van der Waals surface area contributed by atoms with Gasteiger partial charge < -0.3 is 15.2 Å². The highest BCUT2D eigenvalue weighted by Crippen LogP contribution is 2.23. The van der Waals surface area contributed by atoms with Gasteiger partial charge in [-0.1, -0.05) is 11.6 Å². The van der Waals surface area contributed by atoms with Crippen molar-refractivity contribution in [2.45, 2.75) is 6.42 Å². The van der Waals surface area contributed by atoms with Gasteiger partial charge in [0.25, 0.3) is 5.56 Å². The molecule has 0 aliphatic heterocycles. The molecule has 3 N–H and O–H groups in total. The van der Waals surface area contributed by atoms with E-state index in [1.54, 1.807) is 18.2 Å². The SMILES string of the molecule is COc1ccc(Cl)cc1CC(=O)OCC(=O)c1c(N)n(C)c(=O)[nH]c1=O. The summed E-state index contributed by atoms with van der Waals surface area (Å²) >= 11 is 5.89. The van der Waals surface area contributed by atoms with Crippen LogP contribution in [-0.2, 0) is 23.0 Å². The van der Waals surface area contributed by atoms with Gasteiger partial charge in [-0.25, -0.2) is 4.79 Å². The average molecular weight is 382 g/mol. The Morgan fingerprint density at radius 3 is 2.65 bits per heavy atom. The highest BCUT2D eigenvalue weighted by Gasteiger charge is 2.20. The summed E-state index contributed by atoms with van der Waals surface area (Å²) in [5.41, 5.74) is 3.96. The van der Waals surface area contributed by atoms with E-state index in [9.17, 15) is 19.2 Å². The highest BCUT2D eigenvalue weighted by molar-refractivity contribution is 6.30. The van der Waals surface area contributed by atoms with Crippen molar-refractivity contribution in [3.05, 3.63) is 55.2 Å². The smallest absolute Gasteiger partial charge is 0.329 e. The first-order chi connectivity index (χ1) is 12.2. The molecule has 0 atom stereocenters. The van der Waals surface area contributed by atoms with Gasteiger partial charge >= 0.3 is 11.7 Å². The van der Waals surface area contributed by atoms with E-state index < -0.39 is 35.2 Å². The van der Waals surface area contributed by atoms with Crippen LogP contribution in [0.2, 0.25) is 5.02 Å². The molecular weight excluding hydrogens is 366 g/mol. The molecule has 0 saturated carbocycles. The normalized spacial score (nSPS) is 10.4. The van der Waals surface area contributed by atoms with Crippen LogP contribution in [0.25, 0.3) is 0 Å². The number of carbonyl (C=O) groups is 2. The van der Waals surface area contributed by atoms with Crippen LogP contribution in [0.1, 0.15) is 15.9 Å². The number of rotatable bonds is 6. The van der Waals surface area contributed by atoms with E-state index in [4.69, 9.17) is 26.8 Å². The summed E-state index contributed by atoms with van der Waals surface area (Å²) in [6.07, 6.45) is -0.184. The summed E-state index contributed by atoms with van der Waals surface area (Å²) in [4.78, 5) is 49.2. The minimum Gasteiger partial charge on any atom is -0.496 e. The summed E-state index contributed by atoms with van der Waals surface area (Å²) in [6.45, 7) is -0.701. The number of hydrogen-bond acceptors (Lipinski definition) is 7. The number of nitrogens with one attached hydrogen (secondary N) is 1. The number of ether oxygens (including phenoxy) is 2. The van der Waals surface area contributed by atoms with Crippen molar-refractivity contribution in [1.82, 2.24) is 9.55 Å². The minimum atomic E-state index is -0.942. The molecule has 138 valence electrons. The third-order valence-corrected chi connectivity index (χ3v) is 3.83. The molecule has 0 spiro atoms. The summed E-state index contributed by atoms with van der Waals surface area (Å²) < 4.78 is 10.9. The van der Waals surface area contributed by atoms with Gasteiger partial charge in [-0.05, 0) is 18.2 Å². The zero-order valence-electron chi connectivity index (χ0n) is 14.0. The largest absolute Gasteiger partial charge is 0.496 e. The molecule has 26 heavy (non-hydrogen) atoms. The number of H-pyrrole nitrogens is 1. The standard InChI is InChI=1S/C16H16ClN3O6/c1-20-14(18)13(15(23)19-16(20)24)10(21)7-26-12(22)6-8-5-9(17)3-4-11(8)25-2/h3-5H,6-7,18H2,1-2H3,(H,19,23,24). The second-order valence-corrected chi connectivity index (χ2v) is 5.73. The monoisotopic (exact) mass is 381 g/mol. The number of Topliss-reactive ketones (excluding diaryl/α,β-unsaturated/α-hetero) is 1. The van der Waals surface area contributed by atoms with Crippen LogP contribution < -0.4 is 21.7 Å². The number of ketones is 1. The molecule has 9 nitrogen and oxygen atoms in total. The van der Waals surface area contributed by atoms with Crippen LogP contribution in [0.3, 0.4) is 0 Å². The lowest BCUT2D eigenvalue weighted by Gasteiger charge is -2.10. The summed E-state index contributed by atoms with van der Waals surface area (Å²) in [5, 5.41) is 0.411. The number of benzene rings is 1. The Morgan fingerprint density at radius 1 is 1.31 bits per heavy atom. The summed E-state index contributed by atoms with van der Waals surface area (Å²) in [6, 6.07) is 4.74. The maximum absolute atomic E-state index is 12.1. The van der Waals surface area contributed by atoms with Crippen molar-refractivity contribution < 1.29 is 19.1 Å². The van der Waals surface area contributed by atoms with Crippen molar-refractivity contribution in [2.75, 3.05) is 19.5 Å². The average Bonchev–Trinajstić information content (AvgIpc) is 2.58. The van der Waals surface area contributed by atoms with Gasteiger partial charge in [-0.2, -0.15) is 0 Å². The van der Waals surface area contributed by atoms with Crippen LogP contribution in [-0.4, -0.2) is 35.0 Å². The first-order valence-corrected chi connectivity index (χ1v) is 7.72. The molecule has 0 aliphatic carbocycles. The number of aromatic nitrogens is 2. The second-order valence-electron chi connectivity index (χ2n) is 5.30. The van der Waals surface area contributed by atoms with E-state index in [-0.39, 0.29) is 12.2 Å². The van der Waals surface area contributed by atoms with Gasteiger partial charge in [0.05, 0.1) is 13.5 Å². The van der Waals surface area contributed by atoms with E-state index >= 15 is 0 Å². The fraction of sp³-hybridized carbons (Fsp3) is 0.250. The fourth-order valence-electron chi connectivity index (χ4n) is 2.22. The predicted molar refractivity (Wildman–Crippen MR) is 93.7 cm³/mol. The minimum absolute atomic E-state index is 0.184. The lowest BCUT2D eigenvalue weighted by molar-refractivity contribution is -0.141. The van der Waals surface area contributed by atoms with Gasteiger partial charge in [0, 0.05) is 17.6 Å². The molecule has 0 radical (unpaired) electrons. The summed E-state index contributed by atoms with van der Waals surface area (Å²) in [7, 11) is 2.73. The van der Waals surface area contributed by atoms with E-state index in [1.165, 1.54) is 14.2 Å². The molecule has 0 bridgehead atoms. The Hall–Kier alpha value is -3.07. The summed E-state index contributed by atoms with van der Waals surface area (Å²) in [5.74, 6) is -1.42. The molecule has 1 aromatic carbocycles. The number of methoxy groups -OCH3 is 1. The number of aromatic amines is 1. The quantitative estimate of drug-likeness (QED) is 0.542. The van der Waals surface area contributed by atoms with E-state index in [2.05, 4.69) is 0 Å². The molecule has 1 aromatic heterocycles. The van der Waals surface area contributed by atoms with E-state index in [1.807, 2.05) is 4.98 Å². The first-order valence-electron chi connectivity index (χ1n) is 7.34. The maximum Gasteiger partial charge on any atom is 0.329 e. The number of nitrogen functional groups attached to an aromatic ring is 1. The van der Waals surface area contributed by atoms with Crippen molar-refractivity contribution in [2.24, 2.45) is 7.05 Å². The van der Waals surface area contributed by atoms with Gasteiger partial charge in [-0.3, -0.25) is 23.9 Å². The lowest BCUT2D eigenvalue weighted by Crippen LogP contribution is -2.35. The Kier molecular flexibility index (Phi) is 5.83. The third-order valence-electron chi connectivity index (χ3n) is 3.59. The van der Waals surface area contributed by atoms with Crippen LogP contribution in [0.4, 0.5) is 5.82 Å². The molecular formula is C16H16ClN3O6. The predicted octanol–water partition coefficient (Wildman–Crippen LogP) is 0.286. The van der Waals surface area contributed by atoms with Gasteiger partial charge in [0.15, 0.2) is 6.61 Å². The fourth-order valence-corrected chi connectivity index (χ4v) is 2.41. The van der Waals surface area contributed by atoms with Gasteiger partial charge in [-0.15, -0.1) is 0 Å². The molecule has 2 rings (SSSR count). The van der Waals surface area contributed by atoms with Crippen LogP contribution >= 0.6 is 11.6 Å². The molecule has 0 amide bonds. The molecule has 0 saturated heterocycles. The zero-order valence-corrected chi connectivity index (χ0v) is 14.8. The lowest BCUT2D eigenvalue weighted by atomic mass is 10.1. The van der Waals surface area contributed by atoms with Crippen molar-refractivity contribution in [1.29, 1.82) is 0 Å². The molecule has 2 aromatic rings. The van der Waals surface area contributed by atoms with E-state index in [0.29, 0.717) is 16.3 Å². The number of carbonyl (C=O) groups excluding carboxylic acids is 2. The number of esters is 1. The van der Waals surface area contributed by atoms with Crippen molar-refractivity contribution in [3.63, 3.8) is 0 Å². The zero-order chi connectivity index (χ0) is 19.4. The molecule has 0 fully saturated rings. The number of halogens is 1. The van der Waals surface area contributed by atoms with Crippen molar-refractivity contribution >= 4 is 29.2 Å².